The Morgan fingerprint density at radius 1 is 1.38 bits per heavy atom. The van der Waals surface area contributed by atoms with Crippen molar-refractivity contribution in [3.8, 4) is 0 Å². The summed E-state index contributed by atoms with van der Waals surface area (Å²) in [6, 6.07) is 1.47. The van der Waals surface area contributed by atoms with Crippen LogP contribution in [0.4, 0.5) is 0 Å². The molecule has 0 radical (unpaired) electrons. The smallest absolute Gasteiger partial charge is 0.330 e. The minimum absolute atomic E-state index is 0.164. The van der Waals surface area contributed by atoms with Crippen molar-refractivity contribution in [2.45, 2.75) is 38.1 Å². The topological polar surface area (TPSA) is 87.6 Å². The summed E-state index contributed by atoms with van der Waals surface area (Å²) < 4.78 is 0. The molecule has 6 nitrogen and oxygen atoms in total. The van der Waals surface area contributed by atoms with E-state index in [1.807, 2.05) is 6.92 Å². The number of carboxylic acid groups (broad SMARTS) is 1. The van der Waals surface area contributed by atoms with Gasteiger partial charge in [-0.05, 0) is 24.8 Å². The maximum atomic E-state index is 12.5. The SMILES string of the molecule is CC1CCCC(C(=O)O)(N2C(=O)c3ccncc3C2=O)C1. The number of pyridine rings is 1. The Labute approximate surface area is 121 Å². The fraction of sp³-hybridized carbons (Fsp3) is 0.467. The first-order valence-electron chi connectivity index (χ1n) is 7.03. The van der Waals surface area contributed by atoms with Crippen LogP contribution in [-0.4, -0.2) is 38.3 Å². The molecule has 1 fully saturated rings. The molecule has 2 amide bonds. The Morgan fingerprint density at radius 3 is 2.71 bits per heavy atom. The highest BCUT2D eigenvalue weighted by Crippen LogP contribution is 2.41. The van der Waals surface area contributed by atoms with Crippen LogP contribution < -0.4 is 0 Å². The van der Waals surface area contributed by atoms with Gasteiger partial charge in [0.25, 0.3) is 11.8 Å². The Bertz CT molecular complexity index is 607. The molecule has 1 aliphatic carbocycles. The highest BCUT2D eigenvalue weighted by Gasteiger charge is 2.55. The van der Waals surface area contributed by atoms with Gasteiger partial charge in [0.05, 0.1) is 11.1 Å². The van der Waals surface area contributed by atoms with Gasteiger partial charge in [-0.3, -0.25) is 19.5 Å². The summed E-state index contributed by atoms with van der Waals surface area (Å²) in [5.74, 6) is -2.00. The lowest BCUT2D eigenvalue weighted by molar-refractivity contribution is -0.151. The van der Waals surface area contributed by atoms with Crippen LogP contribution >= 0.6 is 0 Å². The lowest BCUT2D eigenvalue weighted by Gasteiger charge is -2.41. The van der Waals surface area contributed by atoms with Crippen molar-refractivity contribution >= 4 is 17.8 Å². The van der Waals surface area contributed by atoms with Gasteiger partial charge in [0.15, 0.2) is 0 Å². The van der Waals surface area contributed by atoms with Crippen LogP contribution in [0.3, 0.4) is 0 Å². The average molecular weight is 288 g/mol. The van der Waals surface area contributed by atoms with Crippen LogP contribution in [-0.2, 0) is 4.79 Å². The number of carboxylic acids is 1. The zero-order chi connectivity index (χ0) is 15.2. The first-order valence-corrected chi connectivity index (χ1v) is 7.03. The zero-order valence-corrected chi connectivity index (χ0v) is 11.7. The van der Waals surface area contributed by atoms with E-state index < -0.39 is 23.3 Å². The number of fused-ring (bicyclic) bond motifs is 1. The average Bonchev–Trinajstić information content (AvgIpc) is 2.71. The minimum atomic E-state index is -1.43. The summed E-state index contributed by atoms with van der Waals surface area (Å²) in [6.07, 6.45) is 4.99. The van der Waals surface area contributed by atoms with Gasteiger partial charge >= 0.3 is 5.97 Å². The van der Waals surface area contributed by atoms with Crippen molar-refractivity contribution in [2.24, 2.45) is 5.92 Å². The molecule has 0 saturated heterocycles. The number of rotatable bonds is 2. The minimum Gasteiger partial charge on any atom is -0.479 e. The highest BCUT2D eigenvalue weighted by atomic mass is 16.4. The van der Waals surface area contributed by atoms with Gasteiger partial charge in [-0.2, -0.15) is 0 Å². The molecule has 1 aromatic heterocycles. The molecule has 0 spiro atoms. The summed E-state index contributed by atoms with van der Waals surface area (Å²) >= 11 is 0. The lowest BCUT2D eigenvalue weighted by atomic mass is 9.75. The predicted molar refractivity (Wildman–Crippen MR) is 72.7 cm³/mol. The highest BCUT2D eigenvalue weighted by molar-refractivity contribution is 6.23. The molecular formula is C15H16N2O4. The number of nitrogens with zero attached hydrogens (tertiary/aromatic N) is 2. The molecule has 110 valence electrons. The van der Waals surface area contributed by atoms with Gasteiger partial charge in [-0.1, -0.05) is 19.8 Å². The Hall–Kier alpha value is -2.24. The van der Waals surface area contributed by atoms with E-state index in [-0.39, 0.29) is 17.0 Å². The zero-order valence-electron chi connectivity index (χ0n) is 11.7. The molecule has 1 saturated carbocycles. The molecule has 2 unspecified atom stereocenters. The van der Waals surface area contributed by atoms with E-state index in [0.717, 1.165) is 11.3 Å². The number of hydrogen-bond acceptors (Lipinski definition) is 4. The van der Waals surface area contributed by atoms with E-state index in [4.69, 9.17) is 0 Å². The van der Waals surface area contributed by atoms with Gasteiger partial charge in [-0.15, -0.1) is 0 Å². The number of imide groups is 1. The second-order valence-electron chi connectivity index (χ2n) is 5.91. The number of hydrogen-bond donors (Lipinski definition) is 1. The molecule has 0 aromatic carbocycles. The third kappa shape index (κ3) is 1.86. The Kier molecular flexibility index (Phi) is 3.04. The van der Waals surface area contributed by atoms with E-state index in [9.17, 15) is 19.5 Å². The Balaban J connectivity index is 2.09. The summed E-state index contributed by atoms with van der Waals surface area (Å²) in [7, 11) is 0. The van der Waals surface area contributed by atoms with E-state index in [1.165, 1.54) is 18.5 Å². The van der Waals surface area contributed by atoms with Gasteiger partial charge < -0.3 is 5.11 Å². The number of carbonyl (C=O) groups is 3. The number of aliphatic carboxylic acids is 1. The molecule has 1 aromatic rings. The summed E-state index contributed by atoms with van der Waals surface area (Å²) in [5, 5.41) is 9.72. The summed E-state index contributed by atoms with van der Waals surface area (Å²) in [4.78, 5) is 41.8. The maximum absolute atomic E-state index is 12.5. The first kappa shape index (κ1) is 13.7. The second-order valence-corrected chi connectivity index (χ2v) is 5.91. The van der Waals surface area contributed by atoms with E-state index >= 15 is 0 Å². The van der Waals surface area contributed by atoms with Gasteiger partial charge in [-0.25, -0.2) is 4.79 Å². The van der Waals surface area contributed by atoms with Gasteiger partial charge in [0, 0.05) is 12.4 Å². The number of aromatic nitrogens is 1. The molecule has 2 atom stereocenters. The van der Waals surface area contributed by atoms with Crippen LogP contribution in [0.25, 0.3) is 0 Å². The van der Waals surface area contributed by atoms with Gasteiger partial charge in [0.2, 0.25) is 0 Å². The fourth-order valence-electron chi connectivity index (χ4n) is 3.49. The third-order valence-electron chi connectivity index (χ3n) is 4.49. The van der Waals surface area contributed by atoms with Crippen LogP contribution in [0.15, 0.2) is 18.5 Å². The van der Waals surface area contributed by atoms with Crippen LogP contribution in [0.5, 0.6) is 0 Å². The molecule has 3 rings (SSSR count). The van der Waals surface area contributed by atoms with Crippen molar-refractivity contribution in [3.05, 3.63) is 29.6 Å². The monoisotopic (exact) mass is 288 g/mol. The Morgan fingerprint density at radius 2 is 2.10 bits per heavy atom. The molecule has 6 heteroatoms. The molecule has 2 heterocycles. The van der Waals surface area contributed by atoms with Crippen LogP contribution in [0, 0.1) is 5.92 Å². The normalized spacial score (nSPS) is 28.6. The van der Waals surface area contributed by atoms with E-state index in [2.05, 4.69) is 4.98 Å². The van der Waals surface area contributed by atoms with Crippen molar-refractivity contribution < 1.29 is 19.5 Å². The lowest BCUT2D eigenvalue weighted by Crippen LogP contribution is -2.59. The van der Waals surface area contributed by atoms with Crippen molar-refractivity contribution in [3.63, 3.8) is 0 Å². The molecule has 2 aliphatic rings. The van der Waals surface area contributed by atoms with E-state index in [1.54, 1.807) is 0 Å². The van der Waals surface area contributed by atoms with Crippen LogP contribution in [0.2, 0.25) is 0 Å². The summed E-state index contributed by atoms with van der Waals surface area (Å²) in [6.45, 7) is 1.95. The number of amides is 2. The fourth-order valence-corrected chi connectivity index (χ4v) is 3.49. The first-order chi connectivity index (χ1) is 9.97. The number of carbonyl (C=O) groups excluding carboxylic acids is 2. The molecule has 1 N–H and O–H groups in total. The van der Waals surface area contributed by atoms with E-state index in [0.29, 0.717) is 19.3 Å². The molecular weight excluding hydrogens is 272 g/mol. The molecule has 0 bridgehead atoms. The quantitative estimate of drug-likeness (QED) is 0.837. The maximum Gasteiger partial charge on any atom is 0.330 e. The predicted octanol–water partition coefficient (Wildman–Crippen LogP) is 1.71. The third-order valence-corrected chi connectivity index (χ3v) is 4.49. The van der Waals surface area contributed by atoms with Crippen LogP contribution in [0.1, 0.15) is 53.3 Å². The second kappa shape index (κ2) is 4.65. The van der Waals surface area contributed by atoms with Gasteiger partial charge in [0.1, 0.15) is 5.54 Å². The molecule has 21 heavy (non-hydrogen) atoms. The largest absolute Gasteiger partial charge is 0.479 e. The van der Waals surface area contributed by atoms with Crippen molar-refractivity contribution in [1.29, 1.82) is 0 Å². The van der Waals surface area contributed by atoms with Crippen molar-refractivity contribution in [1.82, 2.24) is 9.88 Å². The standard InChI is InChI=1S/C15H16N2O4/c1-9-3-2-5-15(7-9,14(20)21)17-12(18)10-4-6-16-8-11(10)13(17)19/h4,6,8-9H,2-3,5,7H2,1H3,(H,20,21). The van der Waals surface area contributed by atoms with Crippen molar-refractivity contribution in [2.75, 3.05) is 0 Å². The summed E-state index contributed by atoms with van der Waals surface area (Å²) in [5.41, 5.74) is -0.986. The molecule has 1 aliphatic heterocycles.